The van der Waals surface area contributed by atoms with Crippen LogP contribution in [0.5, 0.6) is 0 Å². The molecule has 5 nitrogen and oxygen atoms in total. The Morgan fingerprint density at radius 1 is 1.30 bits per heavy atom. The van der Waals surface area contributed by atoms with Crippen LogP contribution in [0, 0.1) is 5.41 Å². The molecule has 2 aliphatic heterocycles. The summed E-state index contributed by atoms with van der Waals surface area (Å²) in [7, 11) is -3.22. The molecule has 2 fully saturated rings. The topological polar surface area (TPSA) is 57.7 Å². The van der Waals surface area contributed by atoms with Crippen molar-refractivity contribution in [1.29, 1.82) is 0 Å². The molecule has 0 radical (unpaired) electrons. The summed E-state index contributed by atoms with van der Waals surface area (Å²) in [6.45, 7) is 1.56. The van der Waals surface area contributed by atoms with Gasteiger partial charge in [-0.15, -0.1) is 0 Å². The summed E-state index contributed by atoms with van der Waals surface area (Å²) in [6.07, 6.45) is 3.52. The molecule has 3 rings (SSSR count). The highest BCUT2D eigenvalue weighted by atomic mass is 32.2. The third-order valence-electron chi connectivity index (χ3n) is 4.34. The van der Waals surface area contributed by atoms with Gasteiger partial charge in [0.25, 0.3) is 0 Å². The number of anilines is 1. The second-order valence-corrected chi connectivity index (χ2v) is 8.43. The van der Waals surface area contributed by atoms with Crippen LogP contribution in [-0.2, 0) is 14.8 Å². The third kappa shape index (κ3) is 2.27. The van der Waals surface area contributed by atoms with Crippen molar-refractivity contribution >= 4 is 33.0 Å². The Morgan fingerprint density at radius 2 is 2.10 bits per heavy atom. The zero-order valence-electron chi connectivity index (χ0n) is 11.4. The molecule has 0 saturated carbocycles. The molecule has 110 valence electrons. The average Bonchev–Trinajstić information content (AvgIpc) is 3.00. The number of sulfonamides is 1. The van der Waals surface area contributed by atoms with Gasteiger partial charge in [-0.25, -0.2) is 12.7 Å². The van der Waals surface area contributed by atoms with Crippen molar-refractivity contribution in [3.63, 3.8) is 0 Å². The molecule has 0 bridgehead atoms. The fraction of sp³-hybridized carbons (Fsp3) is 0.615. The van der Waals surface area contributed by atoms with E-state index in [2.05, 4.69) is 0 Å². The van der Waals surface area contributed by atoms with Crippen LogP contribution < -0.4 is 4.90 Å². The number of hydrogen-bond donors (Lipinski definition) is 0. The van der Waals surface area contributed by atoms with Crippen molar-refractivity contribution in [2.75, 3.05) is 30.8 Å². The number of amides is 1. The lowest BCUT2D eigenvalue weighted by atomic mass is 9.79. The molecule has 2 saturated heterocycles. The Hall–Kier alpha value is -0.920. The zero-order chi connectivity index (χ0) is 14.4. The normalized spacial score (nSPS) is 28.4. The molecule has 1 spiro atoms. The Kier molecular flexibility index (Phi) is 3.38. The van der Waals surface area contributed by atoms with E-state index in [-0.39, 0.29) is 5.91 Å². The fourth-order valence-corrected chi connectivity index (χ4v) is 4.81. The van der Waals surface area contributed by atoms with Gasteiger partial charge in [0.2, 0.25) is 15.9 Å². The second kappa shape index (κ2) is 4.82. The van der Waals surface area contributed by atoms with Crippen LogP contribution in [0.4, 0.5) is 5.69 Å². The monoisotopic (exact) mass is 314 g/mol. The molecule has 1 aromatic rings. The van der Waals surface area contributed by atoms with Crippen LogP contribution >= 0.6 is 11.3 Å². The predicted molar refractivity (Wildman–Crippen MR) is 79.4 cm³/mol. The Morgan fingerprint density at radius 3 is 2.75 bits per heavy atom. The summed E-state index contributed by atoms with van der Waals surface area (Å²) in [5, 5.41) is 3.92. The lowest BCUT2D eigenvalue weighted by Gasteiger charge is -2.37. The molecule has 1 amide bonds. The highest BCUT2D eigenvalue weighted by molar-refractivity contribution is 7.88. The first-order valence-electron chi connectivity index (χ1n) is 6.72. The van der Waals surface area contributed by atoms with Gasteiger partial charge < -0.3 is 4.90 Å². The molecule has 0 aromatic carbocycles. The van der Waals surface area contributed by atoms with Gasteiger partial charge in [-0.2, -0.15) is 11.3 Å². The largest absolute Gasteiger partial charge is 0.311 e. The van der Waals surface area contributed by atoms with Gasteiger partial charge in [-0.1, -0.05) is 0 Å². The second-order valence-electron chi connectivity index (χ2n) is 5.67. The SMILES string of the molecule is CS(=O)(=O)N1CCC[C@]2(CCN(c3ccsc3)C2=O)C1. The van der Waals surface area contributed by atoms with Gasteiger partial charge in [0.15, 0.2) is 0 Å². The van der Waals surface area contributed by atoms with Gasteiger partial charge in [-0.05, 0) is 30.7 Å². The molecule has 1 atom stereocenters. The zero-order valence-corrected chi connectivity index (χ0v) is 13.0. The first-order valence-corrected chi connectivity index (χ1v) is 9.51. The van der Waals surface area contributed by atoms with Gasteiger partial charge in [0.05, 0.1) is 17.4 Å². The van der Waals surface area contributed by atoms with E-state index in [1.54, 1.807) is 11.3 Å². The van der Waals surface area contributed by atoms with Crippen LogP contribution in [0.25, 0.3) is 0 Å². The molecule has 7 heteroatoms. The van der Waals surface area contributed by atoms with E-state index in [0.717, 1.165) is 24.9 Å². The van der Waals surface area contributed by atoms with Crippen LogP contribution in [0.3, 0.4) is 0 Å². The summed E-state index contributed by atoms with van der Waals surface area (Å²) >= 11 is 1.57. The Bertz CT molecular complexity index is 612. The van der Waals surface area contributed by atoms with Crippen molar-refractivity contribution < 1.29 is 13.2 Å². The quantitative estimate of drug-likeness (QED) is 0.832. The van der Waals surface area contributed by atoms with Crippen LogP contribution in [0.1, 0.15) is 19.3 Å². The molecular weight excluding hydrogens is 296 g/mol. The number of carbonyl (C=O) groups is 1. The van der Waals surface area contributed by atoms with E-state index in [4.69, 9.17) is 0 Å². The van der Waals surface area contributed by atoms with E-state index in [9.17, 15) is 13.2 Å². The first-order chi connectivity index (χ1) is 9.42. The molecule has 3 heterocycles. The lowest BCUT2D eigenvalue weighted by molar-refractivity contribution is -0.127. The predicted octanol–water partition coefficient (Wildman–Crippen LogP) is 1.53. The summed E-state index contributed by atoms with van der Waals surface area (Å²) in [5.41, 5.74) is 0.428. The van der Waals surface area contributed by atoms with Crippen LogP contribution in [0.15, 0.2) is 16.8 Å². The Balaban J connectivity index is 1.85. The molecule has 20 heavy (non-hydrogen) atoms. The molecule has 0 aliphatic carbocycles. The summed E-state index contributed by atoms with van der Waals surface area (Å²) in [6, 6.07) is 1.94. The summed E-state index contributed by atoms with van der Waals surface area (Å²) in [4.78, 5) is 14.6. The van der Waals surface area contributed by atoms with E-state index in [0.29, 0.717) is 19.6 Å². The summed E-state index contributed by atoms with van der Waals surface area (Å²) in [5.74, 6) is 0.0873. The molecular formula is C13H18N2O3S2. The number of nitrogens with zero attached hydrogens (tertiary/aromatic N) is 2. The minimum Gasteiger partial charge on any atom is -0.311 e. The van der Waals surface area contributed by atoms with Gasteiger partial charge in [0, 0.05) is 25.0 Å². The van der Waals surface area contributed by atoms with Crippen molar-refractivity contribution in [2.24, 2.45) is 5.41 Å². The van der Waals surface area contributed by atoms with Crippen molar-refractivity contribution in [1.82, 2.24) is 4.31 Å². The van der Waals surface area contributed by atoms with Crippen molar-refractivity contribution in [2.45, 2.75) is 19.3 Å². The third-order valence-corrected chi connectivity index (χ3v) is 6.26. The number of carbonyl (C=O) groups excluding carboxylic acids is 1. The molecule has 0 N–H and O–H groups in total. The first kappa shape index (κ1) is 14.0. The van der Waals surface area contributed by atoms with Gasteiger partial charge >= 0.3 is 0 Å². The van der Waals surface area contributed by atoms with Crippen LogP contribution in [0.2, 0.25) is 0 Å². The minimum absolute atomic E-state index is 0.0873. The summed E-state index contributed by atoms with van der Waals surface area (Å²) < 4.78 is 25.0. The number of rotatable bonds is 2. The molecule has 0 unspecified atom stereocenters. The van der Waals surface area contributed by atoms with Crippen LogP contribution in [-0.4, -0.2) is 44.5 Å². The Labute approximate surface area is 123 Å². The van der Waals surface area contributed by atoms with E-state index >= 15 is 0 Å². The van der Waals surface area contributed by atoms with Gasteiger partial charge in [0.1, 0.15) is 0 Å². The average molecular weight is 314 g/mol. The number of piperidine rings is 1. The van der Waals surface area contributed by atoms with E-state index in [1.165, 1.54) is 10.6 Å². The fourth-order valence-electron chi connectivity index (χ4n) is 3.23. The minimum atomic E-state index is -3.22. The maximum absolute atomic E-state index is 12.8. The van der Waals surface area contributed by atoms with E-state index < -0.39 is 15.4 Å². The maximum atomic E-state index is 12.8. The molecule has 2 aliphatic rings. The van der Waals surface area contributed by atoms with Crippen molar-refractivity contribution in [3.05, 3.63) is 16.8 Å². The van der Waals surface area contributed by atoms with E-state index in [1.807, 2.05) is 21.7 Å². The highest BCUT2D eigenvalue weighted by Gasteiger charge is 2.50. The molecule has 1 aromatic heterocycles. The number of hydrogen-bond acceptors (Lipinski definition) is 4. The highest BCUT2D eigenvalue weighted by Crippen LogP contribution is 2.42. The maximum Gasteiger partial charge on any atom is 0.234 e. The number of thiophene rings is 1. The smallest absolute Gasteiger partial charge is 0.234 e. The lowest BCUT2D eigenvalue weighted by Crippen LogP contribution is -2.49. The standard InChI is InChI=1S/C13H18N2O3S2/c1-20(17,18)14-6-2-4-13(10-14)5-7-15(12(13)16)11-3-8-19-9-11/h3,8-9H,2,4-7,10H2,1H3/t13-/m0/s1. The van der Waals surface area contributed by atoms with Gasteiger partial charge in [-0.3, -0.25) is 4.79 Å². The van der Waals surface area contributed by atoms with Crippen molar-refractivity contribution in [3.8, 4) is 0 Å².